The number of hydrogen-bond donors (Lipinski definition) is 2. The lowest BCUT2D eigenvalue weighted by molar-refractivity contribution is 0.792. The Hall–Kier alpha value is -1.17. The van der Waals surface area contributed by atoms with Gasteiger partial charge in [-0.15, -0.1) is 12.3 Å². The van der Waals surface area contributed by atoms with E-state index in [9.17, 15) is 0 Å². The summed E-state index contributed by atoms with van der Waals surface area (Å²) >= 11 is 0. The number of nitrogens with two attached hydrogens (primary N) is 2. The minimum atomic E-state index is 0.0972. The van der Waals surface area contributed by atoms with Gasteiger partial charge < -0.3 is 11.6 Å². The highest BCUT2D eigenvalue weighted by atomic mass is 15.2. The van der Waals surface area contributed by atoms with Gasteiger partial charge in [0.25, 0.3) is 0 Å². The molecule has 0 aliphatic rings. The molecule has 4 N–H and O–H groups in total. The van der Waals surface area contributed by atoms with Gasteiger partial charge in [-0.25, -0.2) is 0 Å². The number of amidine groups is 1. The van der Waals surface area contributed by atoms with E-state index in [0.717, 1.165) is 0 Å². The second kappa shape index (κ2) is 3.79. The van der Waals surface area contributed by atoms with Gasteiger partial charge in [-0.05, 0) is 0 Å². The monoisotopic (exact) mass is 125 g/mol. The van der Waals surface area contributed by atoms with Gasteiger partial charge in [0.2, 0.25) is 0 Å². The van der Waals surface area contributed by atoms with Crippen molar-refractivity contribution in [3.8, 4) is 12.3 Å². The van der Waals surface area contributed by atoms with E-state index in [4.69, 9.17) is 18.0 Å². The Bertz CT molecular complexity index is 143. The van der Waals surface area contributed by atoms with Gasteiger partial charge in [0.1, 0.15) is 5.84 Å². The maximum Gasteiger partial charge on any atom is 0.123 e. The summed E-state index contributed by atoms with van der Waals surface area (Å²) in [5, 5.41) is 3.31. The Morgan fingerprint density at radius 2 is 2.44 bits per heavy atom. The maximum absolute atomic E-state index is 5.33. The number of nitrogens with zero attached hydrogens (tertiary/aromatic N) is 1. The molecule has 0 saturated heterocycles. The van der Waals surface area contributed by atoms with Gasteiger partial charge in [-0.3, -0.25) is 0 Å². The number of rotatable bonds is 2. The maximum atomic E-state index is 5.33. The molecular weight excluding hydrogens is 114 g/mol. The first-order chi connectivity index (χ1) is 4.22. The molecular formula is C6H11N3. The molecule has 0 heterocycles. The summed E-state index contributed by atoms with van der Waals surface area (Å²) in [6.07, 6.45) is 5.61. The first-order valence-corrected chi connectivity index (χ1v) is 2.69. The average Bonchev–Trinajstić information content (AvgIpc) is 1.87. The molecule has 0 radical (unpaired) electrons. The van der Waals surface area contributed by atoms with Crippen LogP contribution in [0.1, 0.15) is 13.3 Å². The second-order valence-electron chi connectivity index (χ2n) is 1.86. The quantitative estimate of drug-likeness (QED) is 0.178. The summed E-state index contributed by atoms with van der Waals surface area (Å²) in [6.45, 7) is 1.88. The third kappa shape index (κ3) is 2.60. The molecule has 0 amide bonds. The first kappa shape index (κ1) is 7.83. The van der Waals surface area contributed by atoms with Gasteiger partial charge in [0, 0.05) is 12.3 Å². The molecule has 50 valence electrons. The van der Waals surface area contributed by atoms with Crippen molar-refractivity contribution in [3.05, 3.63) is 0 Å². The molecule has 0 fully saturated rings. The molecule has 0 aliphatic heterocycles. The van der Waals surface area contributed by atoms with Crippen molar-refractivity contribution in [2.45, 2.75) is 13.3 Å². The van der Waals surface area contributed by atoms with Crippen LogP contribution < -0.4 is 11.6 Å². The van der Waals surface area contributed by atoms with E-state index in [-0.39, 0.29) is 5.92 Å². The van der Waals surface area contributed by atoms with Crippen molar-refractivity contribution in [3.63, 3.8) is 0 Å². The second-order valence-corrected chi connectivity index (χ2v) is 1.86. The standard InChI is InChI=1S/C6H11N3/c1-3-4-5(2)6(7)9-8/h1,5H,4,8H2,2H3,(H2,7,9)/t5-/m0/s1. The molecule has 3 heteroatoms. The Morgan fingerprint density at radius 3 is 2.78 bits per heavy atom. The number of terminal acetylenes is 1. The van der Waals surface area contributed by atoms with Crippen LogP contribution in [-0.4, -0.2) is 5.84 Å². The van der Waals surface area contributed by atoms with Crippen LogP contribution in [0.3, 0.4) is 0 Å². The van der Waals surface area contributed by atoms with Gasteiger partial charge in [-0.1, -0.05) is 6.92 Å². The van der Waals surface area contributed by atoms with Crippen molar-refractivity contribution in [2.24, 2.45) is 22.6 Å². The van der Waals surface area contributed by atoms with Crippen LogP contribution in [0.2, 0.25) is 0 Å². The summed E-state index contributed by atoms with van der Waals surface area (Å²) in [5.74, 6) is 7.87. The Labute approximate surface area is 55.1 Å². The van der Waals surface area contributed by atoms with Crippen LogP contribution in [0.5, 0.6) is 0 Å². The van der Waals surface area contributed by atoms with E-state index in [2.05, 4.69) is 11.0 Å². The van der Waals surface area contributed by atoms with Gasteiger partial charge in [0.15, 0.2) is 0 Å². The summed E-state index contributed by atoms with van der Waals surface area (Å²) in [6, 6.07) is 0. The fourth-order valence-corrected chi connectivity index (χ4v) is 0.409. The van der Waals surface area contributed by atoms with Crippen LogP contribution >= 0.6 is 0 Å². The smallest absolute Gasteiger partial charge is 0.123 e. The normalized spacial score (nSPS) is 14.4. The van der Waals surface area contributed by atoms with Crippen LogP contribution in [0.25, 0.3) is 0 Å². The van der Waals surface area contributed by atoms with Gasteiger partial charge in [-0.2, -0.15) is 5.10 Å². The third-order valence-electron chi connectivity index (χ3n) is 1.08. The highest BCUT2D eigenvalue weighted by molar-refractivity contribution is 5.82. The van der Waals surface area contributed by atoms with E-state index in [1.807, 2.05) is 6.92 Å². The predicted molar refractivity (Wildman–Crippen MR) is 38.4 cm³/mol. The average molecular weight is 125 g/mol. The SMILES string of the molecule is C#CC[C@H](C)/C(N)=N/N. The van der Waals surface area contributed by atoms with Crippen molar-refractivity contribution in [1.29, 1.82) is 0 Å². The molecule has 0 bridgehead atoms. The predicted octanol–water partition coefficient (Wildman–Crippen LogP) is -0.123. The fourth-order valence-electron chi connectivity index (χ4n) is 0.409. The van der Waals surface area contributed by atoms with Crippen molar-refractivity contribution in [1.82, 2.24) is 0 Å². The molecule has 9 heavy (non-hydrogen) atoms. The Morgan fingerprint density at radius 1 is 1.89 bits per heavy atom. The van der Waals surface area contributed by atoms with E-state index in [0.29, 0.717) is 12.3 Å². The van der Waals surface area contributed by atoms with Gasteiger partial charge >= 0.3 is 0 Å². The minimum absolute atomic E-state index is 0.0972. The molecule has 3 nitrogen and oxygen atoms in total. The summed E-state index contributed by atoms with van der Waals surface area (Å²) in [7, 11) is 0. The van der Waals surface area contributed by atoms with E-state index < -0.39 is 0 Å². The Kier molecular flexibility index (Phi) is 3.29. The zero-order valence-electron chi connectivity index (χ0n) is 5.46. The lowest BCUT2D eigenvalue weighted by Gasteiger charge is -2.03. The molecule has 0 rings (SSSR count). The van der Waals surface area contributed by atoms with Crippen molar-refractivity contribution in [2.75, 3.05) is 0 Å². The number of hydrazone groups is 1. The summed E-state index contributed by atoms with van der Waals surface area (Å²) < 4.78 is 0. The zero-order valence-corrected chi connectivity index (χ0v) is 5.46. The number of hydrogen-bond acceptors (Lipinski definition) is 2. The first-order valence-electron chi connectivity index (χ1n) is 2.69. The Balaban J connectivity index is 3.76. The minimum Gasteiger partial charge on any atom is -0.385 e. The lowest BCUT2D eigenvalue weighted by atomic mass is 10.1. The van der Waals surface area contributed by atoms with Crippen LogP contribution in [-0.2, 0) is 0 Å². The molecule has 0 aliphatic carbocycles. The molecule has 0 aromatic heterocycles. The lowest BCUT2D eigenvalue weighted by Crippen LogP contribution is -2.22. The molecule has 0 saturated carbocycles. The third-order valence-corrected chi connectivity index (χ3v) is 1.08. The highest BCUT2D eigenvalue weighted by Crippen LogP contribution is 1.97. The van der Waals surface area contributed by atoms with E-state index in [1.54, 1.807) is 0 Å². The van der Waals surface area contributed by atoms with Gasteiger partial charge in [0.05, 0.1) is 0 Å². The zero-order chi connectivity index (χ0) is 7.28. The van der Waals surface area contributed by atoms with E-state index in [1.165, 1.54) is 0 Å². The molecule has 0 aromatic carbocycles. The summed E-state index contributed by atoms with van der Waals surface area (Å²) in [5.41, 5.74) is 5.33. The largest absolute Gasteiger partial charge is 0.385 e. The molecule has 0 spiro atoms. The fraction of sp³-hybridized carbons (Fsp3) is 0.500. The molecule has 1 atom stereocenters. The molecule has 0 aromatic rings. The highest BCUT2D eigenvalue weighted by Gasteiger charge is 2.02. The molecule has 0 unspecified atom stereocenters. The summed E-state index contributed by atoms with van der Waals surface area (Å²) in [4.78, 5) is 0. The van der Waals surface area contributed by atoms with Crippen LogP contribution in [0.4, 0.5) is 0 Å². The van der Waals surface area contributed by atoms with Crippen LogP contribution in [0, 0.1) is 18.3 Å². The van der Waals surface area contributed by atoms with E-state index >= 15 is 0 Å². The van der Waals surface area contributed by atoms with Crippen LogP contribution in [0.15, 0.2) is 5.10 Å². The van der Waals surface area contributed by atoms with Crippen molar-refractivity contribution >= 4 is 5.84 Å². The van der Waals surface area contributed by atoms with Crippen molar-refractivity contribution < 1.29 is 0 Å². The topological polar surface area (TPSA) is 64.4 Å².